The van der Waals surface area contributed by atoms with Gasteiger partial charge in [-0.05, 0) is 54.9 Å². The molecule has 0 aromatic heterocycles. The lowest BCUT2D eigenvalue weighted by Gasteiger charge is -2.23. The van der Waals surface area contributed by atoms with Crippen molar-refractivity contribution in [3.63, 3.8) is 0 Å². The Kier molecular flexibility index (Phi) is 7.16. The zero-order chi connectivity index (χ0) is 20.9. The van der Waals surface area contributed by atoms with Crippen molar-refractivity contribution in [2.45, 2.75) is 39.0 Å². The van der Waals surface area contributed by atoms with Crippen LogP contribution in [-0.2, 0) is 13.2 Å². The first kappa shape index (κ1) is 21.5. The summed E-state index contributed by atoms with van der Waals surface area (Å²) in [5.74, 6) is 0.871. The summed E-state index contributed by atoms with van der Waals surface area (Å²) in [6.07, 6.45) is 2.56. The van der Waals surface area contributed by atoms with Crippen molar-refractivity contribution >= 4 is 34.0 Å². The van der Waals surface area contributed by atoms with Crippen molar-refractivity contribution in [3.05, 3.63) is 75.8 Å². The van der Waals surface area contributed by atoms with Gasteiger partial charge in [-0.25, -0.2) is 0 Å². The molecule has 1 fully saturated rings. The number of halogens is 2. The number of fused-ring (bicyclic) bond motifs is 1. The minimum atomic E-state index is 0.343. The highest BCUT2D eigenvalue weighted by Crippen LogP contribution is 2.31. The lowest BCUT2D eigenvalue weighted by atomic mass is 10.0. The van der Waals surface area contributed by atoms with Crippen LogP contribution in [0.25, 0.3) is 10.8 Å². The zero-order valence-corrected chi connectivity index (χ0v) is 18.8. The van der Waals surface area contributed by atoms with Crippen LogP contribution in [0.5, 0.6) is 5.75 Å². The Morgan fingerprint density at radius 1 is 1.00 bits per heavy atom. The summed E-state index contributed by atoms with van der Waals surface area (Å²) >= 11 is 12.7. The third kappa shape index (κ3) is 4.76. The molecule has 1 saturated heterocycles. The molecule has 3 aromatic rings. The maximum atomic E-state index is 6.33. The molecule has 1 N–H and O–H groups in total. The highest BCUT2D eigenvalue weighted by atomic mass is 35.5. The summed E-state index contributed by atoms with van der Waals surface area (Å²) in [7, 11) is 0. The molecule has 4 rings (SSSR count). The van der Waals surface area contributed by atoms with Crippen molar-refractivity contribution in [1.29, 1.82) is 0 Å². The molecule has 3 nitrogen and oxygen atoms in total. The van der Waals surface area contributed by atoms with Crippen LogP contribution in [0.4, 0.5) is 0 Å². The maximum Gasteiger partial charge on any atom is 0.124 e. The number of likely N-dealkylation sites (N-methyl/N-ethyl adjacent to an activating group) is 1. The van der Waals surface area contributed by atoms with E-state index in [1.54, 1.807) is 0 Å². The second-order valence-corrected chi connectivity index (χ2v) is 8.62. The fourth-order valence-corrected chi connectivity index (χ4v) is 4.87. The maximum absolute atomic E-state index is 6.33. The van der Waals surface area contributed by atoms with Gasteiger partial charge in [-0.15, -0.1) is 0 Å². The van der Waals surface area contributed by atoms with E-state index in [0.29, 0.717) is 22.7 Å². The molecule has 0 bridgehead atoms. The average molecular weight is 443 g/mol. The molecule has 5 heteroatoms. The number of rotatable bonds is 8. The van der Waals surface area contributed by atoms with Gasteiger partial charge in [0.2, 0.25) is 0 Å². The van der Waals surface area contributed by atoms with E-state index >= 15 is 0 Å². The van der Waals surface area contributed by atoms with Crippen LogP contribution < -0.4 is 10.1 Å². The van der Waals surface area contributed by atoms with Gasteiger partial charge >= 0.3 is 0 Å². The van der Waals surface area contributed by atoms with Crippen LogP contribution in [0.1, 0.15) is 30.9 Å². The van der Waals surface area contributed by atoms with E-state index in [1.807, 2.05) is 18.2 Å². The molecule has 1 atom stereocenters. The molecule has 3 aromatic carbocycles. The lowest BCUT2D eigenvalue weighted by Crippen LogP contribution is -2.37. The van der Waals surface area contributed by atoms with E-state index in [0.717, 1.165) is 30.9 Å². The molecule has 0 unspecified atom stereocenters. The summed E-state index contributed by atoms with van der Waals surface area (Å²) in [5, 5.41) is 7.38. The van der Waals surface area contributed by atoms with Crippen molar-refractivity contribution in [1.82, 2.24) is 10.2 Å². The molecule has 0 saturated carbocycles. The molecule has 1 heterocycles. The Morgan fingerprint density at radius 3 is 2.60 bits per heavy atom. The monoisotopic (exact) mass is 442 g/mol. The smallest absolute Gasteiger partial charge is 0.124 e. The van der Waals surface area contributed by atoms with Gasteiger partial charge in [0.05, 0.1) is 0 Å². The van der Waals surface area contributed by atoms with Gasteiger partial charge in [0.15, 0.2) is 0 Å². The Labute approximate surface area is 188 Å². The van der Waals surface area contributed by atoms with Gasteiger partial charge in [-0.2, -0.15) is 0 Å². The standard InChI is InChI=1S/C25H28Cl2N2O/c1-2-29-14-6-8-19(29)15-28-16-21-20-9-4-3-7-18(20)12-13-25(21)30-17-22-23(26)10-5-11-24(22)27/h3-5,7,9-13,19,28H,2,6,8,14-17H2,1H3/t19-/m1/s1. The van der Waals surface area contributed by atoms with Crippen molar-refractivity contribution in [2.75, 3.05) is 19.6 Å². The molecule has 158 valence electrons. The Balaban J connectivity index is 1.53. The van der Waals surface area contributed by atoms with Crippen LogP contribution in [0.3, 0.4) is 0 Å². The molecule has 1 aliphatic heterocycles. The molecule has 0 radical (unpaired) electrons. The van der Waals surface area contributed by atoms with Crippen molar-refractivity contribution in [3.8, 4) is 5.75 Å². The number of nitrogens with zero attached hydrogens (tertiary/aromatic N) is 1. The van der Waals surface area contributed by atoms with E-state index in [2.05, 4.69) is 53.5 Å². The first-order valence-electron chi connectivity index (χ1n) is 10.7. The molecule has 0 amide bonds. The summed E-state index contributed by atoms with van der Waals surface area (Å²) in [6, 6.07) is 18.8. The molecule has 1 aliphatic rings. The first-order chi connectivity index (χ1) is 14.7. The molecular weight excluding hydrogens is 415 g/mol. The van der Waals surface area contributed by atoms with Gasteiger partial charge < -0.3 is 10.1 Å². The Morgan fingerprint density at radius 2 is 1.80 bits per heavy atom. The van der Waals surface area contributed by atoms with E-state index < -0.39 is 0 Å². The van der Waals surface area contributed by atoms with E-state index in [-0.39, 0.29) is 0 Å². The number of hydrogen-bond donors (Lipinski definition) is 1. The van der Waals surface area contributed by atoms with Gasteiger partial charge in [-0.3, -0.25) is 4.90 Å². The number of nitrogens with one attached hydrogen (secondary N) is 1. The number of likely N-dealkylation sites (tertiary alicyclic amines) is 1. The predicted octanol–water partition coefficient (Wildman–Crippen LogP) is 6.30. The van der Waals surface area contributed by atoms with Crippen LogP contribution in [-0.4, -0.2) is 30.6 Å². The van der Waals surface area contributed by atoms with Gasteiger partial charge in [-0.1, -0.05) is 66.5 Å². The quantitative estimate of drug-likeness (QED) is 0.442. The van der Waals surface area contributed by atoms with E-state index in [1.165, 1.54) is 35.7 Å². The third-order valence-corrected chi connectivity index (χ3v) is 6.73. The number of hydrogen-bond acceptors (Lipinski definition) is 3. The molecule has 30 heavy (non-hydrogen) atoms. The Bertz CT molecular complexity index is 987. The fraction of sp³-hybridized carbons (Fsp3) is 0.360. The highest BCUT2D eigenvalue weighted by molar-refractivity contribution is 6.35. The highest BCUT2D eigenvalue weighted by Gasteiger charge is 2.22. The van der Waals surface area contributed by atoms with Crippen LogP contribution in [0.2, 0.25) is 10.0 Å². The van der Waals surface area contributed by atoms with Crippen molar-refractivity contribution < 1.29 is 4.74 Å². The Hall–Kier alpha value is -1.78. The third-order valence-electron chi connectivity index (χ3n) is 6.02. The van der Waals surface area contributed by atoms with Crippen LogP contribution in [0.15, 0.2) is 54.6 Å². The molecule has 0 spiro atoms. The number of benzene rings is 3. The summed E-state index contributed by atoms with van der Waals surface area (Å²) < 4.78 is 6.24. The largest absolute Gasteiger partial charge is 0.488 e. The topological polar surface area (TPSA) is 24.5 Å². The van der Waals surface area contributed by atoms with Gasteiger partial charge in [0.1, 0.15) is 12.4 Å². The number of ether oxygens (including phenoxy) is 1. The second kappa shape index (κ2) is 10.0. The summed E-state index contributed by atoms with van der Waals surface area (Å²) in [5.41, 5.74) is 2.00. The molecular formula is C25H28Cl2N2O. The zero-order valence-electron chi connectivity index (χ0n) is 17.3. The average Bonchev–Trinajstić information content (AvgIpc) is 3.22. The lowest BCUT2D eigenvalue weighted by molar-refractivity contribution is 0.259. The first-order valence-corrected chi connectivity index (χ1v) is 11.4. The minimum absolute atomic E-state index is 0.343. The predicted molar refractivity (Wildman–Crippen MR) is 127 cm³/mol. The van der Waals surface area contributed by atoms with Gasteiger partial charge in [0.25, 0.3) is 0 Å². The SMILES string of the molecule is CCN1CCC[C@@H]1CNCc1c(OCc2c(Cl)cccc2Cl)ccc2ccccc12. The summed E-state index contributed by atoms with van der Waals surface area (Å²) in [4.78, 5) is 2.56. The van der Waals surface area contributed by atoms with Crippen LogP contribution >= 0.6 is 23.2 Å². The van der Waals surface area contributed by atoms with E-state index in [9.17, 15) is 0 Å². The fourth-order valence-electron chi connectivity index (χ4n) is 4.36. The van der Waals surface area contributed by atoms with Crippen LogP contribution in [0, 0.1) is 0 Å². The molecule has 0 aliphatic carbocycles. The van der Waals surface area contributed by atoms with Gasteiger partial charge in [0, 0.05) is 40.3 Å². The van der Waals surface area contributed by atoms with Crippen molar-refractivity contribution in [2.24, 2.45) is 0 Å². The van der Waals surface area contributed by atoms with E-state index in [4.69, 9.17) is 27.9 Å². The normalized spacial score (nSPS) is 17.0. The summed E-state index contributed by atoms with van der Waals surface area (Å²) in [6.45, 7) is 6.68. The minimum Gasteiger partial charge on any atom is -0.488 e. The second-order valence-electron chi connectivity index (χ2n) is 7.81.